The van der Waals surface area contributed by atoms with E-state index in [1.54, 1.807) is 19.1 Å². The molecule has 0 aliphatic rings. The van der Waals surface area contributed by atoms with Gasteiger partial charge in [0.05, 0.1) is 0 Å². The minimum absolute atomic E-state index is 0.360. The zero-order valence-electron chi connectivity index (χ0n) is 10.3. The summed E-state index contributed by atoms with van der Waals surface area (Å²) in [6.45, 7) is 1.78. The lowest BCUT2D eigenvalue weighted by Crippen LogP contribution is -2.22. The van der Waals surface area contributed by atoms with Crippen LogP contribution < -0.4 is 4.72 Å². The molecule has 19 heavy (non-hydrogen) atoms. The Hall–Kier alpha value is -2.14. The topological polar surface area (TPSA) is 63.2 Å². The van der Waals surface area contributed by atoms with Crippen molar-refractivity contribution in [3.8, 4) is 11.1 Å². The van der Waals surface area contributed by atoms with Crippen molar-refractivity contribution in [3.63, 3.8) is 0 Å². The Kier molecular flexibility index (Phi) is 3.97. The summed E-state index contributed by atoms with van der Waals surface area (Å²) in [6.07, 6.45) is 0. The van der Waals surface area contributed by atoms with Gasteiger partial charge in [0.2, 0.25) is 10.9 Å². The van der Waals surface area contributed by atoms with Crippen molar-refractivity contribution in [2.45, 2.75) is 6.92 Å². The van der Waals surface area contributed by atoms with E-state index in [1.807, 2.05) is 41.1 Å². The van der Waals surface area contributed by atoms with E-state index in [4.69, 9.17) is 0 Å². The third-order valence-electron chi connectivity index (χ3n) is 2.77. The molecule has 0 atom stereocenters. The predicted molar refractivity (Wildman–Crippen MR) is 74.4 cm³/mol. The number of hydrogen-bond acceptors (Lipinski definition) is 3. The van der Waals surface area contributed by atoms with Crippen LogP contribution in [-0.2, 0) is 10.9 Å². The third kappa shape index (κ3) is 3.20. The first kappa shape index (κ1) is 13.3. The lowest BCUT2D eigenvalue weighted by molar-refractivity contribution is 0.0982. The van der Waals surface area contributed by atoms with E-state index in [-0.39, 0.29) is 0 Å². The van der Waals surface area contributed by atoms with E-state index >= 15 is 0 Å². The number of carbonyl (C=O) groups excluding carboxylic acids is 1. The molecule has 0 bridgehead atoms. The van der Waals surface area contributed by atoms with Crippen LogP contribution in [0.5, 0.6) is 0 Å². The van der Waals surface area contributed by atoms with Crippen molar-refractivity contribution >= 4 is 16.8 Å². The van der Waals surface area contributed by atoms with Gasteiger partial charge < -0.3 is 0 Å². The van der Waals surface area contributed by atoms with Crippen LogP contribution in [-0.4, -0.2) is 14.3 Å². The van der Waals surface area contributed by atoms with E-state index in [1.165, 1.54) is 0 Å². The molecule has 0 aliphatic carbocycles. The molecule has 0 fully saturated rings. The van der Waals surface area contributed by atoms with Gasteiger partial charge in [-0.15, -0.1) is 0 Å². The molecule has 0 saturated carbocycles. The molecule has 98 valence electrons. The summed E-state index contributed by atoms with van der Waals surface area (Å²) in [5.41, 5.74) is 3.13. The standard InChI is InChI=1S/C14H13NO3S/c1-10-9-12(11-5-3-2-4-6-11)7-8-13(10)14(16)15-19(17)18/h2-9,19H,1H3,(H,15,16,17,18). The van der Waals surface area contributed by atoms with Crippen LogP contribution >= 0.6 is 0 Å². The molecule has 1 N–H and O–H groups in total. The zero-order chi connectivity index (χ0) is 13.8. The molecule has 0 spiro atoms. The maximum Gasteiger partial charge on any atom is 0.264 e. The van der Waals surface area contributed by atoms with Crippen LogP contribution in [0.3, 0.4) is 0 Å². The van der Waals surface area contributed by atoms with Crippen LogP contribution in [0, 0.1) is 6.92 Å². The molecule has 0 heterocycles. The number of rotatable bonds is 3. The normalized spacial score (nSPS) is 10.4. The first-order chi connectivity index (χ1) is 9.08. The summed E-state index contributed by atoms with van der Waals surface area (Å²) in [6, 6.07) is 15.1. The number of benzene rings is 2. The highest BCUT2D eigenvalue weighted by atomic mass is 32.2. The second-order valence-corrected chi connectivity index (χ2v) is 4.83. The van der Waals surface area contributed by atoms with Crippen molar-refractivity contribution < 1.29 is 13.2 Å². The quantitative estimate of drug-likeness (QED) is 0.841. The van der Waals surface area contributed by atoms with Crippen molar-refractivity contribution in [2.24, 2.45) is 0 Å². The SMILES string of the molecule is Cc1cc(-c2ccccc2)ccc1C(=O)N[SH](=O)=O. The Labute approximate surface area is 113 Å². The Morgan fingerprint density at radius 2 is 1.68 bits per heavy atom. The fraction of sp³-hybridized carbons (Fsp3) is 0.0714. The first-order valence-corrected chi connectivity index (χ1v) is 6.87. The summed E-state index contributed by atoms with van der Waals surface area (Å²) in [4.78, 5) is 11.6. The summed E-state index contributed by atoms with van der Waals surface area (Å²) >= 11 is 0. The lowest BCUT2D eigenvalue weighted by atomic mass is 10.00. The van der Waals surface area contributed by atoms with Gasteiger partial charge in [-0.1, -0.05) is 42.5 Å². The molecule has 0 aromatic heterocycles. The van der Waals surface area contributed by atoms with E-state index in [0.29, 0.717) is 5.56 Å². The fourth-order valence-corrected chi connectivity index (χ4v) is 2.16. The number of hydrogen-bond donors (Lipinski definition) is 2. The number of thiol groups is 1. The molecule has 2 aromatic carbocycles. The Bertz CT molecular complexity index is 670. The number of amides is 1. The monoisotopic (exact) mass is 275 g/mol. The zero-order valence-corrected chi connectivity index (χ0v) is 11.2. The Balaban J connectivity index is 2.35. The molecule has 2 rings (SSSR count). The molecular formula is C14H13NO3S. The summed E-state index contributed by atoms with van der Waals surface area (Å²) in [5.74, 6) is -0.603. The molecule has 0 radical (unpaired) electrons. The van der Waals surface area contributed by atoms with Gasteiger partial charge in [0.15, 0.2) is 0 Å². The maximum absolute atomic E-state index is 11.6. The average molecular weight is 275 g/mol. The largest absolute Gasteiger partial charge is 0.268 e. The van der Waals surface area contributed by atoms with Crippen LogP contribution in [0.2, 0.25) is 0 Å². The van der Waals surface area contributed by atoms with Crippen molar-refractivity contribution in [1.82, 2.24) is 4.72 Å². The van der Waals surface area contributed by atoms with Gasteiger partial charge in [0.25, 0.3) is 5.91 Å². The second-order valence-electron chi connectivity index (χ2n) is 4.09. The van der Waals surface area contributed by atoms with Crippen LogP contribution in [0.4, 0.5) is 0 Å². The molecule has 0 unspecified atom stereocenters. The van der Waals surface area contributed by atoms with Gasteiger partial charge in [-0.3, -0.25) is 9.52 Å². The van der Waals surface area contributed by atoms with Gasteiger partial charge in [0.1, 0.15) is 0 Å². The average Bonchev–Trinajstić information content (AvgIpc) is 2.38. The van der Waals surface area contributed by atoms with Gasteiger partial charge >= 0.3 is 0 Å². The Morgan fingerprint density at radius 1 is 1.00 bits per heavy atom. The predicted octanol–water partition coefficient (Wildman–Crippen LogP) is 1.92. The number of carbonyl (C=O) groups is 1. The molecule has 2 aromatic rings. The maximum atomic E-state index is 11.6. The van der Waals surface area contributed by atoms with Crippen molar-refractivity contribution in [2.75, 3.05) is 0 Å². The van der Waals surface area contributed by atoms with Crippen LogP contribution in [0.25, 0.3) is 11.1 Å². The number of aryl methyl sites for hydroxylation is 1. The minimum Gasteiger partial charge on any atom is -0.268 e. The number of nitrogens with one attached hydrogen (secondary N) is 1. The smallest absolute Gasteiger partial charge is 0.264 e. The minimum atomic E-state index is -2.93. The highest BCUT2D eigenvalue weighted by Crippen LogP contribution is 2.22. The van der Waals surface area contributed by atoms with E-state index in [9.17, 15) is 13.2 Å². The molecule has 1 amide bonds. The highest BCUT2D eigenvalue weighted by molar-refractivity contribution is 7.71. The summed E-state index contributed by atoms with van der Waals surface area (Å²) < 4.78 is 22.8. The highest BCUT2D eigenvalue weighted by Gasteiger charge is 2.10. The van der Waals surface area contributed by atoms with Gasteiger partial charge in [-0.25, -0.2) is 8.42 Å². The molecule has 0 saturated heterocycles. The first-order valence-electron chi connectivity index (χ1n) is 5.69. The summed E-state index contributed by atoms with van der Waals surface area (Å²) in [5, 5.41) is 0. The van der Waals surface area contributed by atoms with Crippen molar-refractivity contribution in [1.29, 1.82) is 0 Å². The fourth-order valence-electron chi connectivity index (χ4n) is 1.87. The third-order valence-corrected chi connectivity index (χ3v) is 3.16. The summed E-state index contributed by atoms with van der Waals surface area (Å²) in [7, 11) is -2.93. The molecule has 0 aliphatic heterocycles. The van der Waals surface area contributed by atoms with E-state index in [0.717, 1.165) is 16.7 Å². The molecular weight excluding hydrogens is 262 g/mol. The van der Waals surface area contributed by atoms with Gasteiger partial charge in [-0.2, -0.15) is 0 Å². The van der Waals surface area contributed by atoms with E-state index < -0.39 is 16.8 Å². The van der Waals surface area contributed by atoms with E-state index in [2.05, 4.69) is 0 Å². The molecule has 5 heteroatoms. The van der Waals surface area contributed by atoms with Crippen LogP contribution in [0.15, 0.2) is 48.5 Å². The van der Waals surface area contributed by atoms with Crippen LogP contribution in [0.1, 0.15) is 15.9 Å². The van der Waals surface area contributed by atoms with Gasteiger partial charge in [-0.05, 0) is 29.7 Å². The lowest BCUT2D eigenvalue weighted by Gasteiger charge is -2.07. The second kappa shape index (κ2) is 5.67. The Morgan fingerprint density at radius 3 is 2.26 bits per heavy atom. The molecule has 4 nitrogen and oxygen atoms in total. The van der Waals surface area contributed by atoms with Crippen molar-refractivity contribution in [3.05, 3.63) is 59.7 Å². The van der Waals surface area contributed by atoms with Gasteiger partial charge in [0, 0.05) is 5.56 Å².